The zero-order valence-electron chi connectivity index (χ0n) is 14.4. The van der Waals surface area contributed by atoms with Crippen molar-refractivity contribution < 1.29 is 23.1 Å². The van der Waals surface area contributed by atoms with Gasteiger partial charge >= 0.3 is 5.97 Å². The fourth-order valence-electron chi connectivity index (χ4n) is 2.70. The summed E-state index contributed by atoms with van der Waals surface area (Å²) in [5.74, 6) is -2.10. The van der Waals surface area contributed by atoms with Crippen LogP contribution in [0.15, 0.2) is 29.2 Å². The highest BCUT2D eigenvalue weighted by molar-refractivity contribution is 7.89. The molecule has 25 heavy (non-hydrogen) atoms. The van der Waals surface area contributed by atoms with Gasteiger partial charge in [0.25, 0.3) is 0 Å². The lowest BCUT2D eigenvalue weighted by molar-refractivity contribution is -0.141. The molecule has 1 atom stereocenters. The number of sulfonamides is 1. The Morgan fingerprint density at radius 2 is 1.80 bits per heavy atom. The minimum absolute atomic E-state index is 0.0794. The number of benzene rings is 1. The molecule has 8 heteroatoms. The summed E-state index contributed by atoms with van der Waals surface area (Å²) in [6, 6.07) is 6.71. The number of hydrogen-bond donors (Lipinski definition) is 2. The Labute approximate surface area is 148 Å². The topological polar surface area (TPSA) is 104 Å². The molecule has 2 rings (SSSR count). The van der Waals surface area contributed by atoms with Gasteiger partial charge in [-0.2, -0.15) is 4.31 Å². The van der Waals surface area contributed by atoms with Crippen LogP contribution in [0.5, 0.6) is 0 Å². The summed E-state index contributed by atoms with van der Waals surface area (Å²) in [6.45, 7) is 4.06. The predicted octanol–water partition coefficient (Wildman–Crippen LogP) is 1.23. The first-order chi connectivity index (χ1) is 11.7. The number of carbonyl (C=O) groups is 2. The fraction of sp³-hybridized carbons (Fsp3) is 0.529. The number of rotatable bonds is 6. The van der Waals surface area contributed by atoms with Crippen LogP contribution in [-0.4, -0.2) is 49.3 Å². The molecular formula is C17H24N2O5S. The first-order valence-electron chi connectivity index (χ1n) is 8.29. The first kappa shape index (κ1) is 19.4. The number of aliphatic carboxylic acids is 1. The third kappa shape index (κ3) is 4.79. The van der Waals surface area contributed by atoms with Gasteiger partial charge in [0.05, 0.1) is 10.8 Å². The minimum Gasteiger partial charge on any atom is -0.481 e. The summed E-state index contributed by atoms with van der Waals surface area (Å²) in [7, 11) is -3.54. The lowest BCUT2D eigenvalue weighted by atomic mass is 9.97. The van der Waals surface area contributed by atoms with Crippen molar-refractivity contribution >= 4 is 21.9 Å². The van der Waals surface area contributed by atoms with E-state index >= 15 is 0 Å². The molecule has 7 nitrogen and oxygen atoms in total. The van der Waals surface area contributed by atoms with Gasteiger partial charge in [0.2, 0.25) is 15.9 Å². The Morgan fingerprint density at radius 3 is 2.32 bits per heavy atom. The molecule has 0 aromatic heterocycles. The Hall–Kier alpha value is -1.93. The van der Waals surface area contributed by atoms with Crippen LogP contribution >= 0.6 is 0 Å². The lowest BCUT2D eigenvalue weighted by Gasteiger charge is -2.30. The van der Waals surface area contributed by atoms with E-state index in [1.165, 1.54) is 11.2 Å². The van der Waals surface area contributed by atoms with Crippen LogP contribution in [0, 0.1) is 18.8 Å². The van der Waals surface area contributed by atoms with Crippen molar-refractivity contribution in [2.24, 2.45) is 11.8 Å². The van der Waals surface area contributed by atoms with E-state index in [0.717, 1.165) is 5.56 Å². The van der Waals surface area contributed by atoms with Gasteiger partial charge in [0.15, 0.2) is 0 Å². The Bertz CT molecular complexity index is 722. The number of carbonyl (C=O) groups excluding carboxylic acids is 1. The van der Waals surface area contributed by atoms with Crippen molar-refractivity contribution in [3.63, 3.8) is 0 Å². The molecule has 0 aliphatic carbocycles. The van der Waals surface area contributed by atoms with Crippen molar-refractivity contribution in [3.8, 4) is 0 Å². The molecule has 0 radical (unpaired) electrons. The maximum Gasteiger partial charge on any atom is 0.308 e. The number of nitrogens with zero attached hydrogens (tertiary/aromatic N) is 1. The zero-order valence-corrected chi connectivity index (χ0v) is 15.3. The van der Waals surface area contributed by atoms with Crippen LogP contribution in [-0.2, 0) is 19.6 Å². The SMILES string of the molecule is Cc1ccc(S(=O)(=O)N2CCC(C(=O)NCC(C)C(=O)O)CC2)cc1. The second-order valence-corrected chi connectivity index (χ2v) is 8.41. The quantitative estimate of drug-likeness (QED) is 0.786. The summed E-state index contributed by atoms with van der Waals surface area (Å²) < 4.78 is 26.7. The molecule has 1 heterocycles. The summed E-state index contributed by atoms with van der Waals surface area (Å²) in [4.78, 5) is 23.1. The highest BCUT2D eigenvalue weighted by Gasteiger charge is 2.32. The fourth-order valence-corrected chi connectivity index (χ4v) is 4.17. The number of piperidine rings is 1. The molecule has 1 saturated heterocycles. The molecule has 1 fully saturated rings. The molecule has 1 aromatic rings. The van der Waals surface area contributed by atoms with Crippen LogP contribution in [0.2, 0.25) is 0 Å². The number of carboxylic acid groups (broad SMARTS) is 1. The molecule has 2 N–H and O–H groups in total. The zero-order chi connectivity index (χ0) is 18.6. The van der Waals surface area contributed by atoms with Crippen molar-refractivity contribution in [1.82, 2.24) is 9.62 Å². The summed E-state index contributed by atoms with van der Waals surface area (Å²) in [6.07, 6.45) is 0.858. The Balaban J connectivity index is 1.91. The third-order valence-electron chi connectivity index (χ3n) is 4.49. The molecule has 138 valence electrons. The molecule has 1 amide bonds. The monoisotopic (exact) mass is 368 g/mol. The average Bonchev–Trinajstić information content (AvgIpc) is 2.59. The van der Waals surface area contributed by atoms with Crippen LogP contribution in [0.25, 0.3) is 0 Å². The van der Waals surface area contributed by atoms with Gasteiger partial charge in [-0.3, -0.25) is 9.59 Å². The summed E-state index contributed by atoms with van der Waals surface area (Å²) in [5.41, 5.74) is 0.991. The molecular weight excluding hydrogens is 344 g/mol. The van der Waals surface area contributed by atoms with E-state index < -0.39 is 21.9 Å². The van der Waals surface area contributed by atoms with Gasteiger partial charge in [-0.05, 0) is 31.9 Å². The van der Waals surface area contributed by atoms with E-state index in [-0.39, 0.29) is 36.4 Å². The van der Waals surface area contributed by atoms with Gasteiger partial charge in [-0.15, -0.1) is 0 Å². The van der Waals surface area contributed by atoms with Crippen LogP contribution in [0.1, 0.15) is 25.3 Å². The molecule has 1 aliphatic rings. The van der Waals surface area contributed by atoms with E-state index in [1.54, 1.807) is 24.3 Å². The molecule has 0 spiro atoms. The predicted molar refractivity (Wildman–Crippen MR) is 92.5 cm³/mol. The number of carboxylic acids is 1. The highest BCUT2D eigenvalue weighted by atomic mass is 32.2. The van der Waals surface area contributed by atoms with Gasteiger partial charge < -0.3 is 10.4 Å². The first-order valence-corrected chi connectivity index (χ1v) is 9.73. The van der Waals surface area contributed by atoms with Crippen molar-refractivity contribution in [1.29, 1.82) is 0 Å². The number of nitrogens with one attached hydrogen (secondary N) is 1. The van der Waals surface area contributed by atoms with Crippen LogP contribution in [0.3, 0.4) is 0 Å². The Kier molecular flexibility index (Phi) is 6.18. The van der Waals surface area contributed by atoms with Crippen molar-refractivity contribution in [2.45, 2.75) is 31.6 Å². The van der Waals surface area contributed by atoms with E-state index in [4.69, 9.17) is 5.11 Å². The smallest absolute Gasteiger partial charge is 0.308 e. The maximum atomic E-state index is 12.6. The largest absolute Gasteiger partial charge is 0.481 e. The highest BCUT2D eigenvalue weighted by Crippen LogP contribution is 2.24. The lowest BCUT2D eigenvalue weighted by Crippen LogP contribution is -2.44. The summed E-state index contributed by atoms with van der Waals surface area (Å²) >= 11 is 0. The van der Waals surface area contributed by atoms with Gasteiger partial charge in [0.1, 0.15) is 0 Å². The van der Waals surface area contributed by atoms with Gasteiger partial charge in [-0.1, -0.05) is 24.6 Å². The van der Waals surface area contributed by atoms with Gasteiger partial charge in [-0.25, -0.2) is 8.42 Å². The summed E-state index contributed by atoms with van der Waals surface area (Å²) in [5, 5.41) is 11.5. The third-order valence-corrected chi connectivity index (χ3v) is 6.40. The maximum absolute atomic E-state index is 12.6. The van der Waals surface area contributed by atoms with E-state index in [1.807, 2.05) is 6.92 Å². The standard InChI is InChI=1S/C17H24N2O5S/c1-12-3-5-15(6-4-12)25(23,24)19-9-7-14(8-10-19)16(20)18-11-13(2)17(21)22/h3-6,13-14H,7-11H2,1-2H3,(H,18,20)(H,21,22). The van der Waals surface area contributed by atoms with Gasteiger partial charge in [0, 0.05) is 25.6 Å². The number of amides is 1. The number of hydrogen-bond acceptors (Lipinski definition) is 4. The van der Waals surface area contributed by atoms with E-state index in [0.29, 0.717) is 12.8 Å². The van der Waals surface area contributed by atoms with E-state index in [9.17, 15) is 18.0 Å². The molecule has 1 aliphatic heterocycles. The van der Waals surface area contributed by atoms with E-state index in [2.05, 4.69) is 5.32 Å². The second kappa shape index (κ2) is 7.97. The molecule has 1 aromatic carbocycles. The molecule has 0 saturated carbocycles. The van der Waals surface area contributed by atoms with Crippen molar-refractivity contribution in [2.75, 3.05) is 19.6 Å². The normalized spacial score (nSPS) is 17.8. The van der Waals surface area contributed by atoms with Crippen LogP contribution in [0.4, 0.5) is 0 Å². The Morgan fingerprint density at radius 1 is 1.24 bits per heavy atom. The minimum atomic E-state index is -3.54. The average molecular weight is 368 g/mol. The molecule has 0 bridgehead atoms. The molecule has 1 unspecified atom stereocenters. The van der Waals surface area contributed by atoms with Crippen LogP contribution < -0.4 is 5.32 Å². The second-order valence-electron chi connectivity index (χ2n) is 6.48. The van der Waals surface area contributed by atoms with Crippen molar-refractivity contribution in [3.05, 3.63) is 29.8 Å². The number of aryl methyl sites for hydroxylation is 1.